The van der Waals surface area contributed by atoms with Gasteiger partial charge in [0.1, 0.15) is 0 Å². The molecule has 0 spiro atoms. The van der Waals surface area contributed by atoms with Gasteiger partial charge < -0.3 is 10.1 Å². The first-order valence-corrected chi connectivity index (χ1v) is 6.05. The molecule has 1 fully saturated rings. The molecule has 0 saturated carbocycles. The van der Waals surface area contributed by atoms with E-state index in [9.17, 15) is 4.39 Å². The topological polar surface area (TPSA) is 24.5 Å². The Labute approximate surface area is 107 Å². The lowest BCUT2D eigenvalue weighted by Crippen LogP contribution is -2.43. The molecule has 3 nitrogen and oxygen atoms in total. The van der Waals surface area contributed by atoms with Crippen LogP contribution in [0.25, 0.3) is 0 Å². The van der Waals surface area contributed by atoms with Gasteiger partial charge in [0.15, 0.2) is 11.6 Å². The molecular weight excluding hydrogens is 231 g/mol. The summed E-state index contributed by atoms with van der Waals surface area (Å²) in [7, 11) is 1.45. The highest BCUT2D eigenvalue weighted by atomic mass is 19.1. The highest BCUT2D eigenvalue weighted by Crippen LogP contribution is 2.18. The zero-order valence-corrected chi connectivity index (χ0v) is 10.5. The minimum Gasteiger partial charge on any atom is -0.494 e. The van der Waals surface area contributed by atoms with Crippen LogP contribution in [-0.4, -0.2) is 44.7 Å². The van der Waals surface area contributed by atoms with Gasteiger partial charge in [-0.2, -0.15) is 0 Å². The van der Waals surface area contributed by atoms with Crippen LogP contribution in [0.2, 0.25) is 0 Å². The second-order valence-electron chi connectivity index (χ2n) is 4.15. The average Bonchev–Trinajstić information content (AvgIpc) is 2.42. The van der Waals surface area contributed by atoms with Gasteiger partial charge in [0.25, 0.3) is 0 Å². The minimum absolute atomic E-state index is 0.240. The zero-order chi connectivity index (χ0) is 12.8. The largest absolute Gasteiger partial charge is 0.494 e. The van der Waals surface area contributed by atoms with E-state index in [1.54, 1.807) is 18.2 Å². The molecule has 1 aromatic rings. The van der Waals surface area contributed by atoms with Crippen molar-refractivity contribution in [2.24, 2.45) is 0 Å². The first-order valence-electron chi connectivity index (χ1n) is 6.05. The molecule has 18 heavy (non-hydrogen) atoms. The van der Waals surface area contributed by atoms with Gasteiger partial charge in [0.05, 0.1) is 19.2 Å². The van der Waals surface area contributed by atoms with Crippen LogP contribution >= 0.6 is 0 Å². The first kappa shape index (κ1) is 12.9. The summed E-state index contributed by atoms with van der Waals surface area (Å²) in [5.74, 6) is 5.74. The van der Waals surface area contributed by atoms with Crippen molar-refractivity contribution in [1.82, 2.24) is 10.2 Å². The maximum atomic E-state index is 13.8. The van der Waals surface area contributed by atoms with Crippen LogP contribution in [0.3, 0.4) is 0 Å². The average molecular weight is 248 g/mol. The summed E-state index contributed by atoms with van der Waals surface area (Å²) in [6.07, 6.45) is 0. The third-order valence-corrected chi connectivity index (χ3v) is 2.92. The van der Waals surface area contributed by atoms with Crippen LogP contribution in [0.1, 0.15) is 5.56 Å². The Balaban J connectivity index is 2.00. The van der Waals surface area contributed by atoms with Gasteiger partial charge in [-0.05, 0) is 12.1 Å². The summed E-state index contributed by atoms with van der Waals surface area (Å²) in [4.78, 5) is 2.25. The predicted octanol–water partition coefficient (Wildman–Crippen LogP) is 1.09. The molecule has 1 N–H and O–H groups in total. The highest BCUT2D eigenvalue weighted by Gasteiger charge is 2.08. The van der Waals surface area contributed by atoms with Gasteiger partial charge in [-0.1, -0.05) is 17.9 Å². The number of nitrogens with one attached hydrogen (secondary N) is 1. The van der Waals surface area contributed by atoms with Crippen molar-refractivity contribution in [2.45, 2.75) is 0 Å². The van der Waals surface area contributed by atoms with Crippen LogP contribution in [-0.2, 0) is 0 Å². The molecule has 2 rings (SSSR count). The number of benzene rings is 1. The number of piperazine rings is 1. The molecule has 96 valence electrons. The van der Waals surface area contributed by atoms with Crippen LogP contribution in [0.5, 0.6) is 5.75 Å². The van der Waals surface area contributed by atoms with Crippen LogP contribution in [0.4, 0.5) is 4.39 Å². The summed E-state index contributed by atoms with van der Waals surface area (Å²) >= 11 is 0. The standard InChI is InChI=1S/C14H17FN2O/c1-18-13-6-2-4-12(14(13)15)5-3-9-17-10-7-16-8-11-17/h2,4,6,16H,7-11H2,1H3. The van der Waals surface area contributed by atoms with Gasteiger partial charge in [-0.3, -0.25) is 4.90 Å². The van der Waals surface area contributed by atoms with Gasteiger partial charge in [-0.25, -0.2) is 4.39 Å². The summed E-state index contributed by atoms with van der Waals surface area (Å²) in [5.41, 5.74) is 0.393. The summed E-state index contributed by atoms with van der Waals surface area (Å²) in [5, 5.41) is 3.28. The van der Waals surface area contributed by atoms with E-state index in [1.165, 1.54) is 7.11 Å². The van der Waals surface area contributed by atoms with Gasteiger partial charge in [0.2, 0.25) is 0 Å². The fourth-order valence-electron chi connectivity index (χ4n) is 1.88. The minimum atomic E-state index is -0.382. The molecule has 0 aliphatic carbocycles. The van der Waals surface area contributed by atoms with Crippen molar-refractivity contribution in [3.05, 3.63) is 29.6 Å². The summed E-state index contributed by atoms with van der Waals surface area (Å²) in [6.45, 7) is 4.66. The number of ether oxygens (including phenoxy) is 1. The number of rotatable bonds is 2. The fraction of sp³-hybridized carbons (Fsp3) is 0.429. The van der Waals surface area contributed by atoms with Crippen LogP contribution < -0.4 is 10.1 Å². The Kier molecular flexibility index (Phi) is 4.57. The molecule has 0 amide bonds. The maximum absolute atomic E-state index is 13.8. The SMILES string of the molecule is COc1cccc(C#CCN2CCNCC2)c1F. The third kappa shape index (κ3) is 3.22. The van der Waals surface area contributed by atoms with E-state index in [4.69, 9.17) is 4.74 Å². The van der Waals surface area contributed by atoms with Gasteiger partial charge >= 0.3 is 0 Å². The number of hydrogen-bond acceptors (Lipinski definition) is 3. The second-order valence-corrected chi connectivity index (χ2v) is 4.15. The van der Waals surface area contributed by atoms with E-state index in [-0.39, 0.29) is 11.6 Å². The molecule has 1 heterocycles. The second kappa shape index (κ2) is 6.39. The molecule has 0 unspecified atom stereocenters. The van der Waals surface area contributed by atoms with E-state index in [0.717, 1.165) is 26.2 Å². The maximum Gasteiger partial charge on any atom is 0.180 e. The molecular formula is C14H17FN2O. The monoisotopic (exact) mass is 248 g/mol. The van der Waals surface area contributed by atoms with E-state index >= 15 is 0 Å². The molecule has 1 aromatic carbocycles. The number of halogens is 1. The lowest BCUT2D eigenvalue weighted by molar-refractivity contribution is 0.268. The zero-order valence-electron chi connectivity index (χ0n) is 10.5. The molecule has 1 aliphatic rings. The molecule has 4 heteroatoms. The number of nitrogens with zero attached hydrogens (tertiary/aromatic N) is 1. The quantitative estimate of drug-likeness (QED) is 0.793. The Morgan fingerprint density at radius 1 is 1.39 bits per heavy atom. The van der Waals surface area contributed by atoms with Crippen molar-refractivity contribution in [2.75, 3.05) is 39.8 Å². The van der Waals surface area contributed by atoms with Crippen molar-refractivity contribution < 1.29 is 9.13 Å². The Morgan fingerprint density at radius 2 is 2.17 bits per heavy atom. The van der Waals surface area contributed by atoms with Crippen molar-refractivity contribution >= 4 is 0 Å². The number of hydrogen-bond donors (Lipinski definition) is 1. The number of methoxy groups -OCH3 is 1. The highest BCUT2D eigenvalue weighted by molar-refractivity contribution is 5.41. The van der Waals surface area contributed by atoms with Crippen LogP contribution in [0.15, 0.2) is 18.2 Å². The van der Waals surface area contributed by atoms with Crippen molar-refractivity contribution in [3.63, 3.8) is 0 Å². The smallest absolute Gasteiger partial charge is 0.180 e. The van der Waals surface area contributed by atoms with Gasteiger partial charge in [-0.15, -0.1) is 0 Å². The van der Waals surface area contributed by atoms with E-state index in [1.807, 2.05) is 0 Å². The predicted molar refractivity (Wildman–Crippen MR) is 69.1 cm³/mol. The van der Waals surface area contributed by atoms with Gasteiger partial charge in [0, 0.05) is 26.2 Å². The summed E-state index contributed by atoms with van der Waals surface area (Å²) < 4.78 is 18.7. The molecule has 0 atom stereocenters. The Bertz CT molecular complexity index is 459. The van der Waals surface area contributed by atoms with Crippen LogP contribution in [0, 0.1) is 17.7 Å². The van der Waals surface area contributed by atoms with Crippen molar-refractivity contribution in [3.8, 4) is 17.6 Å². The Hall–Kier alpha value is -1.57. The lowest BCUT2D eigenvalue weighted by Gasteiger charge is -2.24. The molecule has 0 bridgehead atoms. The van der Waals surface area contributed by atoms with Crippen molar-refractivity contribution in [1.29, 1.82) is 0 Å². The van der Waals surface area contributed by atoms with E-state index in [0.29, 0.717) is 12.1 Å². The summed E-state index contributed by atoms with van der Waals surface area (Å²) in [6, 6.07) is 5.01. The molecule has 0 aromatic heterocycles. The lowest BCUT2D eigenvalue weighted by atomic mass is 10.2. The third-order valence-electron chi connectivity index (χ3n) is 2.92. The molecule has 1 aliphatic heterocycles. The normalized spacial score (nSPS) is 15.9. The van der Waals surface area contributed by atoms with E-state index < -0.39 is 0 Å². The van der Waals surface area contributed by atoms with E-state index in [2.05, 4.69) is 22.1 Å². The Morgan fingerprint density at radius 3 is 2.89 bits per heavy atom. The fourth-order valence-corrected chi connectivity index (χ4v) is 1.88. The first-order chi connectivity index (χ1) is 8.81. The molecule has 1 saturated heterocycles. The molecule has 0 radical (unpaired) electrons.